The fourth-order valence-corrected chi connectivity index (χ4v) is 5.64. The number of hydrogen-bond acceptors (Lipinski definition) is 8. The molecule has 1 unspecified atom stereocenters. The Morgan fingerprint density at radius 1 is 1.34 bits per heavy atom. The summed E-state index contributed by atoms with van der Waals surface area (Å²) in [6, 6.07) is 2.45. The minimum atomic E-state index is -0.222. The van der Waals surface area contributed by atoms with Crippen LogP contribution in [0.5, 0.6) is 0 Å². The highest BCUT2D eigenvalue weighted by molar-refractivity contribution is 8.01. The van der Waals surface area contributed by atoms with Crippen molar-refractivity contribution in [2.45, 2.75) is 69.5 Å². The first-order valence-corrected chi connectivity index (χ1v) is 12.5. The molecule has 9 nitrogen and oxygen atoms in total. The summed E-state index contributed by atoms with van der Waals surface area (Å²) in [5.41, 5.74) is 2.31. The van der Waals surface area contributed by atoms with E-state index < -0.39 is 0 Å². The normalized spacial score (nSPS) is 17.9. The molecule has 3 heterocycles. The summed E-state index contributed by atoms with van der Waals surface area (Å²) in [5, 5.41) is 21.4. The van der Waals surface area contributed by atoms with Crippen LogP contribution < -0.4 is 10.2 Å². The molecule has 1 saturated carbocycles. The summed E-state index contributed by atoms with van der Waals surface area (Å²) in [7, 11) is 0. The van der Waals surface area contributed by atoms with Crippen LogP contribution in [0.25, 0.3) is 0 Å². The Labute approximate surface area is 195 Å². The molecule has 0 bridgehead atoms. The Kier molecular flexibility index (Phi) is 6.83. The van der Waals surface area contributed by atoms with Gasteiger partial charge in [-0.1, -0.05) is 23.1 Å². The first-order valence-electron chi connectivity index (χ1n) is 10.7. The molecule has 1 N–H and O–H groups in total. The maximum Gasteiger partial charge on any atom is 0.235 e. The van der Waals surface area contributed by atoms with Crippen LogP contribution in [-0.4, -0.2) is 51.1 Å². The molecular weight excluding hydrogens is 448 g/mol. The van der Waals surface area contributed by atoms with E-state index in [2.05, 4.69) is 21.6 Å². The standard InChI is InChI=1S/C21H26N6O3S2/c1-12-13(2)26(10-16-5-4-8-30-16)19(17(12)9-22)23-18(29)11-31-21-25-24-20(32-21)27(14(3)28)15-6-7-15/h15-16H,4-8,10-11H2,1-3H3,(H,23,29). The quantitative estimate of drug-likeness (QED) is 0.461. The zero-order valence-electron chi connectivity index (χ0n) is 18.4. The average Bonchev–Trinajstić information content (AvgIpc) is 3.17. The monoisotopic (exact) mass is 474 g/mol. The van der Waals surface area contributed by atoms with E-state index in [4.69, 9.17) is 4.74 Å². The lowest BCUT2D eigenvalue weighted by Gasteiger charge is -2.16. The zero-order chi connectivity index (χ0) is 22.8. The van der Waals surface area contributed by atoms with Gasteiger partial charge in [-0.05, 0) is 45.1 Å². The summed E-state index contributed by atoms with van der Waals surface area (Å²) in [6.07, 6.45) is 4.05. The van der Waals surface area contributed by atoms with Crippen molar-refractivity contribution in [3.8, 4) is 6.07 Å². The molecule has 2 aromatic rings. The predicted octanol–water partition coefficient (Wildman–Crippen LogP) is 3.25. The third kappa shape index (κ3) is 4.82. The Balaban J connectivity index is 1.42. The molecular formula is C21H26N6O3S2. The van der Waals surface area contributed by atoms with Gasteiger partial charge in [-0.3, -0.25) is 14.5 Å². The van der Waals surface area contributed by atoms with Crippen molar-refractivity contribution < 1.29 is 14.3 Å². The topological polar surface area (TPSA) is 113 Å². The zero-order valence-corrected chi connectivity index (χ0v) is 20.0. The number of rotatable bonds is 8. The van der Waals surface area contributed by atoms with Crippen molar-refractivity contribution in [1.29, 1.82) is 5.26 Å². The number of nitriles is 1. The number of anilines is 2. The fraction of sp³-hybridized carbons (Fsp3) is 0.571. The number of thioether (sulfide) groups is 1. The molecule has 11 heteroatoms. The highest BCUT2D eigenvalue weighted by Gasteiger charge is 2.34. The van der Waals surface area contributed by atoms with Gasteiger partial charge in [-0.25, -0.2) is 0 Å². The van der Waals surface area contributed by atoms with Crippen molar-refractivity contribution in [3.63, 3.8) is 0 Å². The van der Waals surface area contributed by atoms with E-state index in [1.54, 1.807) is 4.90 Å². The van der Waals surface area contributed by atoms with Gasteiger partial charge in [-0.2, -0.15) is 5.26 Å². The molecule has 0 aromatic carbocycles. The van der Waals surface area contributed by atoms with Crippen LogP contribution in [0.4, 0.5) is 10.9 Å². The minimum Gasteiger partial charge on any atom is -0.376 e. The predicted molar refractivity (Wildman–Crippen MR) is 123 cm³/mol. The van der Waals surface area contributed by atoms with Gasteiger partial charge in [0.15, 0.2) is 4.34 Å². The summed E-state index contributed by atoms with van der Waals surface area (Å²) >= 11 is 2.59. The van der Waals surface area contributed by atoms with E-state index in [0.717, 1.165) is 43.5 Å². The molecule has 2 amide bonds. The molecule has 170 valence electrons. The second-order valence-electron chi connectivity index (χ2n) is 8.10. The van der Waals surface area contributed by atoms with Crippen LogP contribution >= 0.6 is 23.1 Å². The van der Waals surface area contributed by atoms with Crippen molar-refractivity contribution in [2.24, 2.45) is 0 Å². The number of nitrogens with one attached hydrogen (secondary N) is 1. The van der Waals surface area contributed by atoms with Gasteiger partial charge in [0.25, 0.3) is 0 Å². The number of carbonyl (C=O) groups is 2. The van der Waals surface area contributed by atoms with Crippen molar-refractivity contribution in [2.75, 3.05) is 22.6 Å². The molecule has 2 aliphatic rings. The van der Waals surface area contributed by atoms with Crippen LogP contribution in [0.2, 0.25) is 0 Å². The molecule has 1 atom stereocenters. The van der Waals surface area contributed by atoms with E-state index in [1.807, 2.05) is 18.4 Å². The maximum atomic E-state index is 12.7. The molecule has 0 radical (unpaired) electrons. The second-order valence-corrected chi connectivity index (χ2v) is 10.3. The third-order valence-electron chi connectivity index (χ3n) is 5.79. The fourth-order valence-electron chi connectivity index (χ4n) is 3.88. The Morgan fingerprint density at radius 2 is 2.12 bits per heavy atom. The van der Waals surface area contributed by atoms with E-state index in [9.17, 15) is 14.9 Å². The number of aromatic nitrogens is 3. The first kappa shape index (κ1) is 22.8. The van der Waals surface area contributed by atoms with Gasteiger partial charge in [0.05, 0.1) is 24.0 Å². The summed E-state index contributed by atoms with van der Waals surface area (Å²) < 4.78 is 8.37. The number of amides is 2. The van der Waals surface area contributed by atoms with E-state index in [-0.39, 0.29) is 29.7 Å². The van der Waals surface area contributed by atoms with Gasteiger partial charge < -0.3 is 14.6 Å². The van der Waals surface area contributed by atoms with Gasteiger partial charge in [-0.15, -0.1) is 10.2 Å². The summed E-state index contributed by atoms with van der Waals surface area (Å²) in [5.74, 6) is 0.393. The molecule has 4 rings (SSSR count). The maximum absolute atomic E-state index is 12.7. The number of ether oxygens (including phenoxy) is 1. The molecule has 32 heavy (non-hydrogen) atoms. The minimum absolute atomic E-state index is 0.0419. The first-order chi connectivity index (χ1) is 15.4. The van der Waals surface area contributed by atoms with Crippen molar-refractivity contribution in [1.82, 2.24) is 14.8 Å². The average molecular weight is 475 g/mol. The van der Waals surface area contributed by atoms with Crippen molar-refractivity contribution in [3.05, 3.63) is 16.8 Å². The smallest absolute Gasteiger partial charge is 0.235 e. The summed E-state index contributed by atoms with van der Waals surface area (Å²) in [4.78, 5) is 26.3. The Morgan fingerprint density at radius 3 is 2.75 bits per heavy atom. The molecule has 2 aromatic heterocycles. The van der Waals surface area contributed by atoms with Crippen LogP contribution in [-0.2, 0) is 20.9 Å². The lowest BCUT2D eigenvalue weighted by atomic mass is 10.2. The Bertz CT molecular complexity index is 1060. The number of carbonyl (C=O) groups excluding carboxylic acids is 2. The van der Waals surface area contributed by atoms with Gasteiger partial charge >= 0.3 is 0 Å². The third-order valence-corrected chi connectivity index (χ3v) is 7.84. The van der Waals surface area contributed by atoms with Crippen LogP contribution in [0, 0.1) is 25.2 Å². The molecule has 1 aliphatic carbocycles. The SMILES string of the molecule is CC(=O)N(c1nnc(SCC(=O)Nc2c(C#N)c(C)c(C)n2CC2CCCO2)s1)C1CC1. The van der Waals surface area contributed by atoms with E-state index >= 15 is 0 Å². The Hall–Kier alpha value is -2.42. The lowest BCUT2D eigenvalue weighted by Crippen LogP contribution is -2.30. The van der Waals surface area contributed by atoms with Gasteiger partial charge in [0.1, 0.15) is 11.9 Å². The molecule has 2 fully saturated rings. The molecule has 0 spiro atoms. The second kappa shape index (κ2) is 9.60. The van der Waals surface area contributed by atoms with Crippen LogP contribution in [0.15, 0.2) is 4.34 Å². The largest absolute Gasteiger partial charge is 0.376 e. The van der Waals surface area contributed by atoms with Gasteiger partial charge in [0.2, 0.25) is 16.9 Å². The van der Waals surface area contributed by atoms with Crippen LogP contribution in [0.1, 0.15) is 49.4 Å². The summed E-state index contributed by atoms with van der Waals surface area (Å²) in [6.45, 7) is 6.74. The molecule has 1 aliphatic heterocycles. The molecule has 1 saturated heterocycles. The number of nitrogens with zero attached hydrogens (tertiary/aromatic N) is 5. The van der Waals surface area contributed by atoms with Crippen LogP contribution in [0.3, 0.4) is 0 Å². The van der Waals surface area contributed by atoms with E-state index in [1.165, 1.54) is 30.0 Å². The highest BCUT2D eigenvalue weighted by atomic mass is 32.2. The van der Waals surface area contributed by atoms with Crippen molar-refractivity contribution >= 4 is 45.9 Å². The van der Waals surface area contributed by atoms with Gasteiger partial charge in [0, 0.05) is 25.3 Å². The lowest BCUT2D eigenvalue weighted by molar-refractivity contribution is -0.116. The number of hydrogen-bond donors (Lipinski definition) is 1. The highest BCUT2D eigenvalue weighted by Crippen LogP contribution is 2.36. The van der Waals surface area contributed by atoms with E-state index in [0.29, 0.717) is 27.4 Å².